The van der Waals surface area contributed by atoms with Crippen LogP contribution in [0.4, 0.5) is 0 Å². The summed E-state index contributed by atoms with van der Waals surface area (Å²) in [5.74, 6) is 7.63. The molecular formula is C32H39N3O3. The lowest BCUT2D eigenvalue weighted by Crippen LogP contribution is -2.48. The second kappa shape index (κ2) is 12.4. The van der Waals surface area contributed by atoms with E-state index in [9.17, 15) is 0 Å². The highest BCUT2D eigenvalue weighted by molar-refractivity contribution is 5.65. The van der Waals surface area contributed by atoms with Gasteiger partial charge in [0.25, 0.3) is 0 Å². The molecule has 1 aliphatic carbocycles. The first-order chi connectivity index (χ1) is 18.4. The average Bonchev–Trinajstić information content (AvgIpc) is 2.96. The van der Waals surface area contributed by atoms with Crippen molar-refractivity contribution in [2.24, 2.45) is 11.8 Å². The van der Waals surface area contributed by atoms with Gasteiger partial charge in [0, 0.05) is 29.8 Å². The van der Waals surface area contributed by atoms with E-state index in [2.05, 4.69) is 74.5 Å². The molecule has 0 amide bonds. The molecule has 3 unspecified atom stereocenters. The van der Waals surface area contributed by atoms with Crippen LogP contribution in [0.5, 0.6) is 11.6 Å². The van der Waals surface area contributed by atoms with Gasteiger partial charge in [-0.15, -0.1) is 0 Å². The zero-order valence-corrected chi connectivity index (χ0v) is 23.1. The number of rotatable bonds is 11. The lowest BCUT2D eigenvalue weighted by Gasteiger charge is -2.44. The largest absolute Gasteiger partial charge is 0.497 e. The summed E-state index contributed by atoms with van der Waals surface area (Å²) in [4.78, 5) is 13.2. The van der Waals surface area contributed by atoms with Gasteiger partial charge in [-0.2, -0.15) is 0 Å². The number of ether oxygens (including phenoxy) is 2. The van der Waals surface area contributed by atoms with Gasteiger partial charge in [-0.05, 0) is 67.8 Å². The fourth-order valence-corrected chi connectivity index (χ4v) is 5.50. The molecule has 0 fully saturated rings. The zero-order valence-electron chi connectivity index (χ0n) is 23.1. The van der Waals surface area contributed by atoms with Crippen LogP contribution in [0.1, 0.15) is 36.8 Å². The molecule has 1 heterocycles. The molecule has 2 aromatic carbocycles. The Morgan fingerprint density at radius 1 is 1.03 bits per heavy atom. The Bertz CT molecular complexity index is 1270. The minimum absolute atomic E-state index is 0.245. The van der Waals surface area contributed by atoms with Gasteiger partial charge in [0.1, 0.15) is 11.4 Å². The zero-order chi connectivity index (χ0) is 27.1. The standard InChI is InChI=1S/C32H39N3O3/c1-23-12-9-10-17-29(23)32(38-33,18-19-35(2)3)30(25-15-11-16-27(20-25)36-4)28-21-26(22-34-31(28)37-5)24-13-7-6-8-14-24/h6-11,13-17,20-23,30H,12,18-19,33H2,1-5H3. The summed E-state index contributed by atoms with van der Waals surface area (Å²) in [7, 11) is 7.48. The van der Waals surface area contributed by atoms with Crippen LogP contribution in [0.25, 0.3) is 11.1 Å². The Labute approximate surface area is 226 Å². The summed E-state index contributed by atoms with van der Waals surface area (Å²) in [5.41, 5.74) is 4.29. The van der Waals surface area contributed by atoms with Crippen LogP contribution in [0.3, 0.4) is 0 Å². The van der Waals surface area contributed by atoms with Crippen LogP contribution >= 0.6 is 0 Å². The molecule has 3 aromatic rings. The molecule has 0 aliphatic heterocycles. The molecule has 0 bridgehead atoms. The Morgan fingerprint density at radius 2 is 1.82 bits per heavy atom. The molecule has 1 aromatic heterocycles. The first-order valence-electron chi connectivity index (χ1n) is 13.1. The fourth-order valence-electron chi connectivity index (χ4n) is 5.50. The first kappa shape index (κ1) is 27.6. The highest BCUT2D eigenvalue weighted by Crippen LogP contribution is 2.50. The van der Waals surface area contributed by atoms with Gasteiger partial charge in [0.15, 0.2) is 0 Å². The van der Waals surface area contributed by atoms with Gasteiger partial charge in [-0.3, -0.25) is 4.84 Å². The van der Waals surface area contributed by atoms with Crippen LogP contribution < -0.4 is 15.4 Å². The summed E-state index contributed by atoms with van der Waals surface area (Å²) in [5, 5.41) is 0. The summed E-state index contributed by atoms with van der Waals surface area (Å²) in [6, 6.07) is 20.5. The monoisotopic (exact) mass is 513 g/mol. The first-order valence-corrected chi connectivity index (χ1v) is 13.1. The van der Waals surface area contributed by atoms with Crippen LogP contribution in [-0.4, -0.2) is 50.3 Å². The summed E-state index contributed by atoms with van der Waals surface area (Å²) in [6.07, 6.45) is 9.92. The second-order valence-electron chi connectivity index (χ2n) is 10.1. The molecule has 6 nitrogen and oxygen atoms in total. The number of methoxy groups -OCH3 is 2. The van der Waals surface area contributed by atoms with Crippen molar-refractivity contribution in [3.05, 3.63) is 102 Å². The maximum absolute atomic E-state index is 6.40. The Kier molecular flexibility index (Phi) is 9.00. The Balaban J connectivity index is 2.04. The number of nitrogens with two attached hydrogens (primary N) is 1. The Morgan fingerprint density at radius 3 is 2.47 bits per heavy atom. The minimum atomic E-state index is -0.870. The summed E-state index contributed by atoms with van der Waals surface area (Å²) in [6.45, 7) is 3.01. The molecule has 6 heteroatoms. The molecular weight excluding hydrogens is 474 g/mol. The van der Waals surface area contributed by atoms with Gasteiger partial charge in [-0.1, -0.05) is 67.6 Å². The molecule has 4 rings (SSSR count). The number of pyridine rings is 1. The van der Waals surface area contributed by atoms with E-state index >= 15 is 0 Å². The van der Waals surface area contributed by atoms with Gasteiger partial charge < -0.3 is 14.4 Å². The molecule has 0 saturated carbocycles. The number of aromatic nitrogens is 1. The number of hydrogen-bond donors (Lipinski definition) is 1. The topological polar surface area (TPSA) is 69.8 Å². The van der Waals surface area contributed by atoms with E-state index in [1.165, 1.54) is 0 Å². The van der Waals surface area contributed by atoms with Gasteiger partial charge in [-0.25, -0.2) is 10.9 Å². The maximum Gasteiger partial charge on any atom is 0.217 e. The van der Waals surface area contributed by atoms with Crippen molar-refractivity contribution < 1.29 is 14.3 Å². The second-order valence-corrected chi connectivity index (χ2v) is 10.1. The van der Waals surface area contributed by atoms with Crippen LogP contribution in [0, 0.1) is 5.92 Å². The van der Waals surface area contributed by atoms with E-state index in [0.29, 0.717) is 12.3 Å². The summed E-state index contributed by atoms with van der Waals surface area (Å²) >= 11 is 0. The predicted molar refractivity (Wildman–Crippen MR) is 153 cm³/mol. The van der Waals surface area contributed by atoms with Crippen molar-refractivity contribution >= 4 is 0 Å². The summed E-state index contributed by atoms with van der Waals surface area (Å²) < 4.78 is 11.5. The van der Waals surface area contributed by atoms with Crippen LogP contribution in [0.15, 0.2) is 90.7 Å². The van der Waals surface area contributed by atoms with Crippen LogP contribution in [0.2, 0.25) is 0 Å². The highest BCUT2D eigenvalue weighted by atomic mass is 16.6. The number of hydrogen-bond acceptors (Lipinski definition) is 6. The lowest BCUT2D eigenvalue weighted by atomic mass is 9.67. The molecule has 2 N–H and O–H groups in total. The van der Waals surface area contributed by atoms with Gasteiger partial charge in [0.05, 0.1) is 14.2 Å². The molecule has 0 saturated heterocycles. The number of allylic oxidation sites excluding steroid dienone is 3. The van der Waals surface area contributed by atoms with E-state index in [4.69, 9.17) is 25.2 Å². The van der Waals surface area contributed by atoms with Gasteiger partial charge in [0.2, 0.25) is 5.88 Å². The van der Waals surface area contributed by atoms with Crippen molar-refractivity contribution in [3.63, 3.8) is 0 Å². The lowest BCUT2D eigenvalue weighted by molar-refractivity contribution is -0.0474. The highest BCUT2D eigenvalue weighted by Gasteiger charge is 2.48. The van der Waals surface area contributed by atoms with Crippen molar-refractivity contribution in [2.75, 3.05) is 34.9 Å². The minimum Gasteiger partial charge on any atom is -0.497 e. The number of benzene rings is 2. The third kappa shape index (κ3) is 5.68. The smallest absolute Gasteiger partial charge is 0.217 e. The van der Waals surface area contributed by atoms with Crippen molar-refractivity contribution in [3.8, 4) is 22.8 Å². The fraction of sp³-hybridized carbons (Fsp3) is 0.344. The van der Waals surface area contributed by atoms with Crippen molar-refractivity contribution in [1.82, 2.24) is 9.88 Å². The number of nitrogens with zero attached hydrogens (tertiary/aromatic N) is 2. The van der Waals surface area contributed by atoms with Gasteiger partial charge >= 0.3 is 0 Å². The van der Waals surface area contributed by atoms with E-state index in [-0.39, 0.29) is 11.8 Å². The quantitative estimate of drug-likeness (QED) is 0.317. The molecule has 0 radical (unpaired) electrons. The van der Waals surface area contributed by atoms with E-state index < -0.39 is 5.60 Å². The normalized spacial score (nSPS) is 17.6. The van der Waals surface area contributed by atoms with E-state index in [0.717, 1.165) is 46.5 Å². The van der Waals surface area contributed by atoms with Crippen molar-refractivity contribution in [1.29, 1.82) is 0 Å². The van der Waals surface area contributed by atoms with Crippen LogP contribution in [-0.2, 0) is 4.84 Å². The van der Waals surface area contributed by atoms with E-state index in [1.807, 2.05) is 36.5 Å². The molecule has 0 spiro atoms. The Hall–Kier alpha value is -3.45. The predicted octanol–water partition coefficient (Wildman–Crippen LogP) is 6.00. The molecule has 3 atom stereocenters. The molecule has 200 valence electrons. The maximum atomic E-state index is 6.40. The third-order valence-electron chi connectivity index (χ3n) is 7.45. The molecule has 38 heavy (non-hydrogen) atoms. The SMILES string of the molecule is COc1cccc(C(c2cc(-c3ccccc3)cnc2OC)C(CCN(C)C)(ON)C2=CC=CCC2C)c1. The molecule has 1 aliphatic rings. The van der Waals surface area contributed by atoms with Crippen molar-refractivity contribution in [2.45, 2.75) is 31.3 Å². The average molecular weight is 514 g/mol. The van der Waals surface area contributed by atoms with E-state index in [1.54, 1.807) is 14.2 Å². The third-order valence-corrected chi connectivity index (χ3v) is 7.45.